The van der Waals surface area contributed by atoms with Crippen molar-refractivity contribution in [3.8, 4) is 0 Å². The number of furan rings is 1. The summed E-state index contributed by atoms with van der Waals surface area (Å²) in [4.78, 5) is 35.1. The minimum atomic E-state index is -0.726. The average Bonchev–Trinajstić information content (AvgIpc) is 3.60. The van der Waals surface area contributed by atoms with E-state index in [-0.39, 0.29) is 12.2 Å². The number of carbonyl (C=O) groups is 1. The van der Waals surface area contributed by atoms with Crippen LogP contribution in [0.3, 0.4) is 0 Å². The number of hydrogen-bond acceptors (Lipinski definition) is 8. The lowest BCUT2D eigenvalue weighted by Gasteiger charge is -2.26. The van der Waals surface area contributed by atoms with Gasteiger partial charge in [-0.1, -0.05) is 77.2 Å². The molecular weight excluding hydrogens is 620 g/mol. The summed E-state index contributed by atoms with van der Waals surface area (Å²) in [6.07, 6.45) is 3.73. The Hall–Kier alpha value is -3.76. The number of aromatic nitrogens is 1. The Morgan fingerprint density at radius 2 is 1.74 bits per heavy atom. The molecule has 0 fully saturated rings. The topological polar surface area (TPSA) is 73.8 Å². The summed E-state index contributed by atoms with van der Waals surface area (Å²) in [5.41, 5.74) is 2.11. The average molecular weight is 645 g/mol. The lowest BCUT2D eigenvalue weighted by atomic mass is 9.93. The van der Waals surface area contributed by atoms with Crippen molar-refractivity contribution in [3.63, 3.8) is 0 Å². The van der Waals surface area contributed by atoms with Crippen LogP contribution < -0.4 is 14.9 Å². The van der Waals surface area contributed by atoms with E-state index in [0.29, 0.717) is 36.5 Å². The normalized spacial score (nSPS) is 14.9. The Bertz CT molecular complexity index is 1990. The highest BCUT2D eigenvalue weighted by molar-refractivity contribution is 7.99. The number of hydrogen-bond donors (Lipinski definition) is 0. The van der Waals surface area contributed by atoms with Crippen molar-refractivity contribution in [2.45, 2.75) is 27.8 Å². The van der Waals surface area contributed by atoms with Gasteiger partial charge in [-0.05, 0) is 67.3 Å². The van der Waals surface area contributed by atoms with Crippen LogP contribution in [0.2, 0.25) is 5.02 Å². The van der Waals surface area contributed by atoms with Gasteiger partial charge in [0.15, 0.2) is 9.89 Å². The zero-order valence-electron chi connectivity index (χ0n) is 23.2. The third-order valence-electron chi connectivity index (χ3n) is 6.71. The SMILES string of the molecule is CCOC(=O)C1=C(c2ccccc2)N=c2s/c(=C/c3ccc(Sc4ccc(Cl)cc4)o3)c(=O)n2[C@H]1c1ccc(SC)cc1. The Morgan fingerprint density at radius 1 is 1.02 bits per heavy atom. The Kier molecular flexibility index (Phi) is 8.76. The molecule has 0 N–H and O–H groups in total. The first-order valence-corrected chi connectivity index (χ1v) is 16.6. The van der Waals surface area contributed by atoms with E-state index in [1.807, 2.05) is 97.3 Å². The van der Waals surface area contributed by atoms with Crippen molar-refractivity contribution in [2.75, 3.05) is 12.9 Å². The number of benzene rings is 3. The molecule has 1 atom stereocenters. The smallest absolute Gasteiger partial charge is 0.338 e. The van der Waals surface area contributed by atoms with Crippen LogP contribution in [0.1, 0.15) is 29.9 Å². The highest BCUT2D eigenvalue weighted by atomic mass is 35.5. The molecule has 10 heteroatoms. The van der Waals surface area contributed by atoms with Crippen LogP contribution in [0.4, 0.5) is 0 Å². The van der Waals surface area contributed by atoms with E-state index in [4.69, 9.17) is 25.7 Å². The van der Waals surface area contributed by atoms with Crippen LogP contribution in [-0.2, 0) is 9.53 Å². The van der Waals surface area contributed by atoms with Gasteiger partial charge in [0, 0.05) is 26.5 Å². The molecule has 1 aliphatic rings. The van der Waals surface area contributed by atoms with Crippen molar-refractivity contribution >= 4 is 64.2 Å². The Morgan fingerprint density at radius 3 is 2.44 bits per heavy atom. The number of rotatable bonds is 8. The highest BCUT2D eigenvalue weighted by Gasteiger charge is 2.35. The van der Waals surface area contributed by atoms with Gasteiger partial charge in [-0.15, -0.1) is 11.8 Å². The van der Waals surface area contributed by atoms with E-state index in [1.54, 1.807) is 29.3 Å². The second-order valence-electron chi connectivity index (χ2n) is 9.42. The molecule has 0 spiro atoms. The summed E-state index contributed by atoms with van der Waals surface area (Å²) in [7, 11) is 0. The first-order valence-electron chi connectivity index (χ1n) is 13.4. The maximum atomic E-state index is 14.1. The standard InChI is InChI=1S/C33H25ClN2O4S3/c1-3-39-32(38)28-29(20-7-5-4-6-8-20)35-33-36(30(28)21-9-14-24(41-2)15-10-21)31(37)26(43-33)19-23-13-18-27(40-23)42-25-16-11-22(34)12-17-25/h4-19,30H,3H2,1-2H3/b26-19+/t30-/m0/s1. The molecule has 3 heterocycles. The maximum absolute atomic E-state index is 14.1. The number of nitrogens with zero attached hydrogens (tertiary/aromatic N) is 2. The van der Waals surface area contributed by atoms with E-state index in [0.717, 1.165) is 20.9 Å². The predicted molar refractivity (Wildman–Crippen MR) is 174 cm³/mol. The van der Waals surface area contributed by atoms with E-state index in [2.05, 4.69) is 0 Å². The van der Waals surface area contributed by atoms with Crippen molar-refractivity contribution < 1.29 is 13.9 Å². The van der Waals surface area contributed by atoms with Gasteiger partial charge in [0.1, 0.15) is 5.76 Å². The van der Waals surface area contributed by atoms with Crippen molar-refractivity contribution in [2.24, 2.45) is 4.99 Å². The van der Waals surface area contributed by atoms with Crippen molar-refractivity contribution in [1.82, 2.24) is 4.57 Å². The molecule has 0 saturated carbocycles. The fourth-order valence-corrected chi connectivity index (χ4v) is 7.05. The minimum absolute atomic E-state index is 0.196. The van der Waals surface area contributed by atoms with Crippen LogP contribution in [0.25, 0.3) is 11.8 Å². The second-order valence-corrected chi connectivity index (χ2v) is 12.8. The molecule has 0 saturated heterocycles. The molecule has 43 heavy (non-hydrogen) atoms. The molecular formula is C33H25ClN2O4S3. The fourth-order valence-electron chi connectivity index (χ4n) is 4.76. The van der Waals surface area contributed by atoms with Crippen LogP contribution in [0, 0.1) is 0 Å². The highest BCUT2D eigenvalue weighted by Crippen LogP contribution is 2.36. The molecule has 1 aliphatic heterocycles. The van der Waals surface area contributed by atoms with Gasteiger partial charge in [0.25, 0.3) is 5.56 Å². The first kappa shape index (κ1) is 29.3. The van der Waals surface area contributed by atoms with Crippen LogP contribution in [-0.4, -0.2) is 23.4 Å². The monoisotopic (exact) mass is 644 g/mol. The lowest BCUT2D eigenvalue weighted by Crippen LogP contribution is -2.40. The molecule has 0 bridgehead atoms. The van der Waals surface area contributed by atoms with Gasteiger partial charge < -0.3 is 9.15 Å². The Labute approximate surface area is 265 Å². The van der Waals surface area contributed by atoms with Crippen LogP contribution >= 0.6 is 46.5 Å². The number of halogens is 1. The van der Waals surface area contributed by atoms with Crippen LogP contribution in [0.15, 0.2) is 126 Å². The first-order chi connectivity index (χ1) is 20.9. The molecule has 6 nitrogen and oxygen atoms in total. The van der Waals surface area contributed by atoms with Crippen LogP contribution in [0.5, 0.6) is 0 Å². The predicted octanol–water partition coefficient (Wildman–Crippen LogP) is 7.06. The van der Waals surface area contributed by atoms with E-state index in [1.165, 1.54) is 23.1 Å². The number of thiazole rings is 1. The fraction of sp³-hybridized carbons (Fsp3) is 0.121. The quantitative estimate of drug-likeness (QED) is 0.133. The zero-order chi connectivity index (χ0) is 29.9. The second kappa shape index (κ2) is 12.9. The molecule has 216 valence electrons. The van der Waals surface area contributed by atoms with Gasteiger partial charge in [-0.3, -0.25) is 9.36 Å². The number of fused-ring (bicyclic) bond motifs is 1. The summed E-state index contributed by atoms with van der Waals surface area (Å²) in [5.74, 6) is 0.0312. The summed E-state index contributed by atoms with van der Waals surface area (Å²) in [6, 6.07) is 27.9. The molecule has 0 radical (unpaired) electrons. The molecule has 6 rings (SSSR count). The molecule has 0 unspecified atom stereocenters. The van der Waals surface area contributed by atoms with E-state index < -0.39 is 12.0 Å². The third-order valence-corrected chi connectivity index (χ3v) is 9.62. The number of ether oxygens (including phenoxy) is 1. The van der Waals surface area contributed by atoms with Gasteiger partial charge in [-0.25, -0.2) is 9.79 Å². The number of esters is 1. The zero-order valence-corrected chi connectivity index (χ0v) is 26.4. The summed E-state index contributed by atoms with van der Waals surface area (Å²) >= 11 is 10.4. The molecule has 2 aromatic heterocycles. The van der Waals surface area contributed by atoms with E-state index >= 15 is 0 Å². The molecule has 3 aromatic carbocycles. The minimum Gasteiger partial charge on any atom is -0.463 e. The maximum Gasteiger partial charge on any atom is 0.338 e. The summed E-state index contributed by atoms with van der Waals surface area (Å²) < 4.78 is 13.6. The largest absolute Gasteiger partial charge is 0.463 e. The summed E-state index contributed by atoms with van der Waals surface area (Å²) in [6.45, 7) is 1.96. The van der Waals surface area contributed by atoms with Gasteiger partial charge in [0.05, 0.1) is 28.5 Å². The van der Waals surface area contributed by atoms with Crippen molar-refractivity contribution in [3.05, 3.63) is 138 Å². The van der Waals surface area contributed by atoms with Gasteiger partial charge in [0.2, 0.25) is 0 Å². The number of thioether (sulfide) groups is 1. The lowest BCUT2D eigenvalue weighted by molar-refractivity contribution is -0.138. The molecule has 0 amide bonds. The molecule has 0 aliphatic carbocycles. The molecule has 5 aromatic rings. The summed E-state index contributed by atoms with van der Waals surface area (Å²) in [5, 5.41) is 1.35. The van der Waals surface area contributed by atoms with Crippen molar-refractivity contribution in [1.29, 1.82) is 0 Å². The van der Waals surface area contributed by atoms with E-state index in [9.17, 15) is 9.59 Å². The van der Waals surface area contributed by atoms with Gasteiger partial charge in [-0.2, -0.15) is 0 Å². The Balaban J connectivity index is 1.50. The number of carbonyl (C=O) groups excluding carboxylic acids is 1. The third kappa shape index (κ3) is 6.17. The van der Waals surface area contributed by atoms with Gasteiger partial charge >= 0.3 is 5.97 Å².